The SMILES string of the molecule is Nc1nccn1CCN1CCCC1=O. The van der Waals surface area contributed by atoms with Crippen molar-refractivity contribution in [1.82, 2.24) is 14.5 Å². The molecule has 1 saturated heterocycles. The number of rotatable bonds is 3. The Hall–Kier alpha value is -1.52. The van der Waals surface area contributed by atoms with Gasteiger partial charge in [-0.05, 0) is 6.42 Å². The Bertz CT molecular complexity index is 333. The van der Waals surface area contributed by atoms with Crippen molar-refractivity contribution in [2.24, 2.45) is 0 Å². The number of likely N-dealkylation sites (tertiary alicyclic amines) is 1. The standard InChI is InChI=1S/C9H14N4O/c10-9-11-3-5-13(9)7-6-12-4-1-2-8(12)14/h3,5H,1-2,4,6-7H2,(H2,10,11). The molecule has 1 fully saturated rings. The molecule has 5 nitrogen and oxygen atoms in total. The molecule has 0 aromatic carbocycles. The minimum atomic E-state index is 0.253. The number of aromatic nitrogens is 2. The van der Waals surface area contributed by atoms with Crippen LogP contribution >= 0.6 is 0 Å². The van der Waals surface area contributed by atoms with Gasteiger partial charge in [0.25, 0.3) is 0 Å². The second-order valence-corrected chi connectivity index (χ2v) is 3.46. The largest absolute Gasteiger partial charge is 0.369 e. The fourth-order valence-electron chi connectivity index (χ4n) is 1.70. The maximum absolute atomic E-state index is 11.3. The van der Waals surface area contributed by atoms with E-state index >= 15 is 0 Å². The van der Waals surface area contributed by atoms with E-state index in [4.69, 9.17) is 5.73 Å². The number of hydrogen-bond donors (Lipinski definition) is 1. The summed E-state index contributed by atoms with van der Waals surface area (Å²) in [6, 6.07) is 0. The summed E-state index contributed by atoms with van der Waals surface area (Å²) in [5.74, 6) is 0.764. The number of nitrogen functional groups attached to an aromatic ring is 1. The van der Waals surface area contributed by atoms with Crippen LogP contribution in [0.1, 0.15) is 12.8 Å². The highest BCUT2D eigenvalue weighted by atomic mass is 16.2. The molecule has 0 aliphatic carbocycles. The molecule has 0 bridgehead atoms. The lowest BCUT2D eigenvalue weighted by Gasteiger charge is -2.15. The Labute approximate surface area is 82.5 Å². The van der Waals surface area contributed by atoms with Crippen molar-refractivity contribution in [1.29, 1.82) is 0 Å². The van der Waals surface area contributed by atoms with Crippen molar-refractivity contribution in [3.8, 4) is 0 Å². The number of carbonyl (C=O) groups excluding carboxylic acids is 1. The van der Waals surface area contributed by atoms with Crippen molar-refractivity contribution in [2.45, 2.75) is 19.4 Å². The van der Waals surface area contributed by atoms with Gasteiger partial charge in [-0.2, -0.15) is 0 Å². The van der Waals surface area contributed by atoms with Gasteiger partial charge in [0.1, 0.15) is 0 Å². The Balaban J connectivity index is 1.88. The van der Waals surface area contributed by atoms with Crippen molar-refractivity contribution in [2.75, 3.05) is 18.8 Å². The third kappa shape index (κ3) is 1.71. The molecule has 0 spiro atoms. The molecule has 0 unspecified atom stereocenters. The van der Waals surface area contributed by atoms with Crippen LogP contribution < -0.4 is 5.73 Å². The van der Waals surface area contributed by atoms with E-state index in [1.807, 2.05) is 15.7 Å². The third-order valence-electron chi connectivity index (χ3n) is 2.53. The lowest BCUT2D eigenvalue weighted by Crippen LogP contribution is -2.28. The first-order chi connectivity index (χ1) is 6.77. The smallest absolute Gasteiger partial charge is 0.222 e. The molecule has 0 saturated carbocycles. The quantitative estimate of drug-likeness (QED) is 0.741. The summed E-state index contributed by atoms with van der Waals surface area (Å²) in [4.78, 5) is 17.1. The van der Waals surface area contributed by atoms with E-state index in [-0.39, 0.29) is 5.91 Å². The Morgan fingerprint density at radius 3 is 2.93 bits per heavy atom. The van der Waals surface area contributed by atoms with Crippen LogP contribution in [-0.2, 0) is 11.3 Å². The summed E-state index contributed by atoms with van der Waals surface area (Å²) in [7, 11) is 0. The summed E-state index contributed by atoms with van der Waals surface area (Å²) in [6.45, 7) is 2.35. The molecule has 2 N–H and O–H groups in total. The molecule has 76 valence electrons. The van der Waals surface area contributed by atoms with E-state index in [1.54, 1.807) is 6.20 Å². The molecule has 2 rings (SSSR count). The highest BCUT2D eigenvalue weighted by Gasteiger charge is 2.19. The van der Waals surface area contributed by atoms with Gasteiger partial charge < -0.3 is 15.2 Å². The number of amides is 1. The maximum atomic E-state index is 11.3. The van der Waals surface area contributed by atoms with Crippen LogP contribution in [0.5, 0.6) is 0 Å². The number of imidazole rings is 1. The second-order valence-electron chi connectivity index (χ2n) is 3.46. The van der Waals surface area contributed by atoms with Crippen LogP contribution in [0.15, 0.2) is 12.4 Å². The van der Waals surface area contributed by atoms with Crippen LogP contribution in [0.4, 0.5) is 5.95 Å². The van der Waals surface area contributed by atoms with Crippen molar-refractivity contribution < 1.29 is 4.79 Å². The van der Waals surface area contributed by atoms with Crippen molar-refractivity contribution in [3.63, 3.8) is 0 Å². The first kappa shape index (κ1) is 9.05. The van der Waals surface area contributed by atoms with Gasteiger partial charge in [0.15, 0.2) is 5.95 Å². The molecule has 2 heterocycles. The second kappa shape index (κ2) is 3.69. The number of anilines is 1. The number of nitrogens with two attached hydrogens (primary N) is 1. The molecule has 1 aromatic heterocycles. The topological polar surface area (TPSA) is 64.2 Å². The number of hydrogen-bond acceptors (Lipinski definition) is 3. The molecule has 1 aliphatic rings. The lowest BCUT2D eigenvalue weighted by atomic mass is 10.4. The van der Waals surface area contributed by atoms with Gasteiger partial charge in [0.05, 0.1) is 0 Å². The van der Waals surface area contributed by atoms with Gasteiger partial charge in [0, 0.05) is 38.4 Å². The average Bonchev–Trinajstić information content (AvgIpc) is 2.72. The maximum Gasteiger partial charge on any atom is 0.222 e. The normalized spacial score (nSPS) is 16.6. The highest BCUT2D eigenvalue weighted by molar-refractivity contribution is 5.77. The van der Waals surface area contributed by atoms with E-state index in [0.29, 0.717) is 12.4 Å². The number of nitrogens with zero attached hydrogens (tertiary/aromatic N) is 3. The first-order valence-corrected chi connectivity index (χ1v) is 4.82. The monoisotopic (exact) mass is 194 g/mol. The van der Waals surface area contributed by atoms with Crippen LogP contribution in [0, 0.1) is 0 Å². The van der Waals surface area contributed by atoms with E-state index < -0.39 is 0 Å². The van der Waals surface area contributed by atoms with Crippen LogP contribution in [0.25, 0.3) is 0 Å². The van der Waals surface area contributed by atoms with E-state index in [9.17, 15) is 4.79 Å². The highest BCUT2D eigenvalue weighted by Crippen LogP contribution is 2.09. The van der Waals surface area contributed by atoms with Crippen LogP contribution in [-0.4, -0.2) is 33.4 Å². The molecule has 1 aliphatic heterocycles. The Morgan fingerprint density at radius 1 is 1.50 bits per heavy atom. The van der Waals surface area contributed by atoms with E-state index in [1.165, 1.54) is 0 Å². The summed E-state index contributed by atoms with van der Waals surface area (Å²) in [6.07, 6.45) is 5.18. The van der Waals surface area contributed by atoms with Gasteiger partial charge in [0.2, 0.25) is 5.91 Å². The first-order valence-electron chi connectivity index (χ1n) is 4.82. The predicted octanol–water partition coefficient (Wildman–Crippen LogP) is 0.0877. The number of carbonyl (C=O) groups is 1. The zero-order chi connectivity index (χ0) is 9.97. The molecule has 1 amide bonds. The molecule has 0 radical (unpaired) electrons. The van der Waals surface area contributed by atoms with Gasteiger partial charge in [-0.3, -0.25) is 4.79 Å². The third-order valence-corrected chi connectivity index (χ3v) is 2.53. The summed E-state index contributed by atoms with van der Waals surface area (Å²) in [5.41, 5.74) is 5.61. The lowest BCUT2D eigenvalue weighted by molar-refractivity contribution is -0.127. The summed E-state index contributed by atoms with van der Waals surface area (Å²) >= 11 is 0. The van der Waals surface area contributed by atoms with Gasteiger partial charge in [-0.1, -0.05) is 0 Å². The van der Waals surface area contributed by atoms with Gasteiger partial charge >= 0.3 is 0 Å². The predicted molar refractivity (Wildman–Crippen MR) is 52.5 cm³/mol. The average molecular weight is 194 g/mol. The van der Waals surface area contributed by atoms with E-state index in [0.717, 1.165) is 26.1 Å². The molecule has 5 heteroatoms. The molecular weight excluding hydrogens is 180 g/mol. The minimum Gasteiger partial charge on any atom is -0.369 e. The minimum absolute atomic E-state index is 0.253. The zero-order valence-electron chi connectivity index (χ0n) is 8.02. The van der Waals surface area contributed by atoms with Gasteiger partial charge in [-0.15, -0.1) is 0 Å². The molecule has 14 heavy (non-hydrogen) atoms. The Kier molecular flexibility index (Phi) is 2.39. The fraction of sp³-hybridized carbons (Fsp3) is 0.556. The molecule has 1 aromatic rings. The van der Waals surface area contributed by atoms with Crippen LogP contribution in [0.3, 0.4) is 0 Å². The molecular formula is C9H14N4O. The van der Waals surface area contributed by atoms with Crippen molar-refractivity contribution in [3.05, 3.63) is 12.4 Å². The Morgan fingerprint density at radius 2 is 2.36 bits per heavy atom. The van der Waals surface area contributed by atoms with Crippen molar-refractivity contribution >= 4 is 11.9 Å². The summed E-state index contributed by atoms with van der Waals surface area (Å²) < 4.78 is 1.85. The fourth-order valence-corrected chi connectivity index (χ4v) is 1.70. The summed E-state index contributed by atoms with van der Waals surface area (Å²) in [5, 5.41) is 0. The van der Waals surface area contributed by atoms with E-state index in [2.05, 4.69) is 4.98 Å². The molecule has 0 atom stereocenters. The van der Waals surface area contributed by atoms with Gasteiger partial charge in [-0.25, -0.2) is 4.98 Å². The zero-order valence-corrected chi connectivity index (χ0v) is 8.02. The van der Waals surface area contributed by atoms with Crippen LogP contribution in [0.2, 0.25) is 0 Å².